The zero-order valence-electron chi connectivity index (χ0n) is 15.9. The Hall–Kier alpha value is -2.94. The van der Waals surface area contributed by atoms with Crippen LogP contribution >= 0.6 is 0 Å². The summed E-state index contributed by atoms with van der Waals surface area (Å²) in [5, 5.41) is 5.43. The van der Waals surface area contributed by atoms with E-state index >= 15 is 0 Å². The second-order valence-corrected chi connectivity index (χ2v) is 8.59. The van der Waals surface area contributed by atoms with Crippen LogP contribution in [0.4, 0.5) is 10.1 Å². The van der Waals surface area contributed by atoms with Gasteiger partial charge in [0.05, 0.1) is 4.90 Å². The molecule has 0 spiro atoms. The molecular weight excluding hydrogens is 397 g/mol. The third-order valence-corrected chi connectivity index (χ3v) is 6.05. The quantitative estimate of drug-likeness (QED) is 0.692. The Balaban J connectivity index is 1.75. The summed E-state index contributed by atoms with van der Waals surface area (Å²) in [6.45, 7) is 2.12. The third-order valence-electron chi connectivity index (χ3n) is 4.67. The van der Waals surface area contributed by atoms with Crippen LogP contribution in [0.2, 0.25) is 0 Å². The van der Waals surface area contributed by atoms with E-state index in [1.54, 1.807) is 0 Å². The van der Waals surface area contributed by atoms with Gasteiger partial charge < -0.3 is 10.6 Å². The number of carbonyl (C=O) groups is 2. The van der Waals surface area contributed by atoms with Gasteiger partial charge in [-0.15, -0.1) is 0 Å². The summed E-state index contributed by atoms with van der Waals surface area (Å²) in [6.07, 6.45) is 2.22. The maximum absolute atomic E-state index is 13.7. The Morgan fingerprint density at radius 3 is 2.72 bits per heavy atom. The molecule has 2 amide bonds. The molecule has 1 unspecified atom stereocenters. The summed E-state index contributed by atoms with van der Waals surface area (Å²) in [5.74, 6) is -1.33. The molecule has 0 saturated carbocycles. The largest absolute Gasteiger partial charge is 0.354 e. The van der Waals surface area contributed by atoms with Crippen LogP contribution in [0.15, 0.2) is 47.4 Å². The van der Waals surface area contributed by atoms with Gasteiger partial charge in [0, 0.05) is 17.8 Å². The molecule has 29 heavy (non-hydrogen) atoms. The maximum atomic E-state index is 13.7. The average molecular weight is 419 g/mol. The Kier molecular flexibility index (Phi) is 6.17. The molecule has 2 aromatic carbocycles. The highest BCUT2D eigenvalue weighted by molar-refractivity contribution is 7.92. The molecule has 1 fully saturated rings. The standard InChI is InChI=1S/C20H22FN3O4S/c1-13-8-9-16(12-17(13)21)29(27,28)24-15-6-4-5-14(11-15)19(25)23-18-7-2-3-10-22-20(18)26/h4-6,8-9,11-12,18,24H,2-3,7,10H2,1H3,(H,22,26)(H,23,25). The maximum Gasteiger partial charge on any atom is 0.261 e. The summed E-state index contributed by atoms with van der Waals surface area (Å²) in [4.78, 5) is 24.3. The Morgan fingerprint density at radius 2 is 1.97 bits per heavy atom. The number of hydrogen-bond donors (Lipinski definition) is 3. The van der Waals surface area contributed by atoms with E-state index in [9.17, 15) is 22.4 Å². The van der Waals surface area contributed by atoms with Gasteiger partial charge in [0.2, 0.25) is 5.91 Å². The van der Waals surface area contributed by atoms with Crippen LogP contribution in [-0.2, 0) is 14.8 Å². The van der Waals surface area contributed by atoms with Gasteiger partial charge in [-0.25, -0.2) is 12.8 Å². The predicted octanol–water partition coefficient (Wildman–Crippen LogP) is 2.33. The van der Waals surface area contributed by atoms with Crippen molar-refractivity contribution < 1.29 is 22.4 Å². The van der Waals surface area contributed by atoms with Gasteiger partial charge in [-0.05, 0) is 62.1 Å². The van der Waals surface area contributed by atoms with Crippen LogP contribution in [-0.4, -0.2) is 32.8 Å². The molecule has 0 aromatic heterocycles. The Morgan fingerprint density at radius 1 is 1.17 bits per heavy atom. The minimum absolute atomic E-state index is 0.156. The van der Waals surface area contributed by atoms with Crippen molar-refractivity contribution >= 4 is 27.5 Å². The lowest BCUT2D eigenvalue weighted by Crippen LogP contribution is -2.45. The second-order valence-electron chi connectivity index (χ2n) is 6.91. The molecule has 1 aliphatic rings. The molecule has 2 aromatic rings. The van der Waals surface area contributed by atoms with Crippen LogP contribution in [0.25, 0.3) is 0 Å². The zero-order valence-corrected chi connectivity index (χ0v) is 16.7. The van der Waals surface area contributed by atoms with Gasteiger partial charge >= 0.3 is 0 Å². The van der Waals surface area contributed by atoms with E-state index in [2.05, 4.69) is 15.4 Å². The zero-order chi connectivity index (χ0) is 21.0. The fourth-order valence-corrected chi connectivity index (χ4v) is 4.06. The van der Waals surface area contributed by atoms with E-state index in [1.807, 2.05) is 0 Å². The average Bonchev–Trinajstić information content (AvgIpc) is 2.88. The van der Waals surface area contributed by atoms with Crippen molar-refractivity contribution in [2.24, 2.45) is 0 Å². The molecule has 0 radical (unpaired) electrons. The smallest absolute Gasteiger partial charge is 0.261 e. The monoisotopic (exact) mass is 419 g/mol. The van der Waals surface area contributed by atoms with E-state index in [0.717, 1.165) is 18.9 Å². The van der Waals surface area contributed by atoms with Crippen molar-refractivity contribution in [3.8, 4) is 0 Å². The van der Waals surface area contributed by atoms with Gasteiger partial charge in [-0.3, -0.25) is 14.3 Å². The SMILES string of the molecule is Cc1ccc(S(=O)(=O)Nc2cccc(C(=O)NC3CCCCNC3=O)c2)cc1F. The first-order valence-corrected chi connectivity index (χ1v) is 10.7. The molecule has 1 saturated heterocycles. The number of anilines is 1. The highest BCUT2D eigenvalue weighted by atomic mass is 32.2. The van der Waals surface area contributed by atoms with Crippen molar-refractivity contribution in [2.75, 3.05) is 11.3 Å². The van der Waals surface area contributed by atoms with Crippen LogP contribution < -0.4 is 15.4 Å². The number of nitrogens with one attached hydrogen (secondary N) is 3. The third kappa shape index (κ3) is 5.11. The minimum Gasteiger partial charge on any atom is -0.354 e. The summed E-state index contributed by atoms with van der Waals surface area (Å²) >= 11 is 0. The molecular formula is C20H22FN3O4S. The number of rotatable bonds is 5. The molecule has 1 heterocycles. The number of sulfonamides is 1. The Bertz CT molecular complexity index is 1040. The molecule has 0 bridgehead atoms. The predicted molar refractivity (Wildman–Crippen MR) is 107 cm³/mol. The fraction of sp³-hybridized carbons (Fsp3) is 0.300. The highest BCUT2D eigenvalue weighted by Crippen LogP contribution is 2.19. The van der Waals surface area contributed by atoms with E-state index in [1.165, 1.54) is 43.3 Å². The van der Waals surface area contributed by atoms with Crippen LogP contribution in [0.5, 0.6) is 0 Å². The molecule has 0 aliphatic carbocycles. The van der Waals surface area contributed by atoms with Crippen LogP contribution in [0, 0.1) is 12.7 Å². The Labute approximate surface area is 168 Å². The van der Waals surface area contributed by atoms with Gasteiger partial charge in [-0.1, -0.05) is 12.1 Å². The molecule has 3 N–H and O–H groups in total. The second kappa shape index (κ2) is 8.60. The topological polar surface area (TPSA) is 104 Å². The highest BCUT2D eigenvalue weighted by Gasteiger charge is 2.23. The van der Waals surface area contributed by atoms with E-state index < -0.39 is 27.8 Å². The van der Waals surface area contributed by atoms with Gasteiger partial charge in [0.15, 0.2) is 0 Å². The van der Waals surface area contributed by atoms with E-state index in [-0.39, 0.29) is 22.1 Å². The first kappa shape index (κ1) is 20.8. The summed E-state index contributed by atoms with van der Waals surface area (Å²) < 4.78 is 41.1. The van der Waals surface area contributed by atoms with Crippen LogP contribution in [0.3, 0.4) is 0 Å². The lowest BCUT2D eigenvalue weighted by molar-refractivity contribution is -0.122. The molecule has 7 nitrogen and oxygen atoms in total. The van der Waals surface area contributed by atoms with Gasteiger partial charge in [0.25, 0.3) is 15.9 Å². The molecule has 154 valence electrons. The lowest BCUT2D eigenvalue weighted by atomic mass is 10.1. The number of halogens is 1. The number of amides is 2. The first-order chi connectivity index (χ1) is 13.8. The van der Waals surface area contributed by atoms with Crippen molar-refractivity contribution in [1.82, 2.24) is 10.6 Å². The first-order valence-electron chi connectivity index (χ1n) is 9.24. The molecule has 1 atom stereocenters. The van der Waals surface area contributed by atoms with E-state index in [4.69, 9.17) is 0 Å². The molecule has 1 aliphatic heterocycles. The summed E-state index contributed by atoms with van der Waals surface area (Å²) in [5.41, 5.74) is 0.700. The van der Waals surface area contributed by atoms with E-state index in [0.29, 0.717) is 18.5 Å². The van der Waals surface area contributed by atoms with Crippen molar-refractivity contribution in [3.05, 3.63) is 59.4 Å². The number of benzene rings is 2. The summed E-state index contributed by atoms with van der Waals surface area (Å²) in [7, 11) is -4.02. The fourth-order valence-electron chi connectivity index (χ4n) is 3.00. The minimum atomic E-state index is -4.02. The number of hydrogen-bond acceptors (Lipinski definition) is 4. The van der Waals surface area contributed by atoms with Crippen molar-refractivity contribution in [1.29, 1.82) is 0 Å². The lowest BCUT2D eigenvalue weighted by Gasteiger charge is -2.16. The van der Waals surface area contributed by atoms with Crippen LogP contribution in [0.1, 0.15) is 35.2 Å². The van der Waals surface area contributed by atoms with Crippen molar-refractivity contribution in [2.45, 2.75) is 37.1 Å². The van der Waals surface area contributed by atoms with Gasteiger partial charge in [0.1, 0.15) is 11.9 Å². The number of aryl methyl sites for hydroxylation is 1. The molecule has 3 rings (SSSR count). The van der Waals surface area contributed by atoms with Crippen molar-refractivity contribution in [3.63, 3.8) is 0 Å². The molecule has 9 heteroatoms. The summed E-state index contributed by atoms with van der Waals surface area (Å²) in [6, 6.07) is 8.90. The number of carbonyl (C=O) groups excluding carboxylic acids is 2. The van der Waals surface area contributed by atoms with Gasteiger partial charge in [-0.2, -0.15) is 0 Å². The normalized spacial score (nSPS) is 17.2.